The van der Waals surface area contributed by atoms with Crippen LogP contribution < -0.4 is 10.5 Å². The van der Waals surface area contributed by atoms with E-state index in [1.807, 2.05) is 6.92 Å². The summed E-state index contributed by atoms with van der Waals surface area (Å²) >= 11 is 3.37. The van der Waals surface area contributed by atoms with Crippen LogP contribution in [0.5, 0.6) is 5.75 Å². The van der Waals surface area contributed by atoms with Crippen molar-refractivity contribution in [3.05, 3.63) is 22.6 Å². The maximum atomic E-state index is 5.64. The molecule has 0 saturated heterocycles. The van der Waals surface area contributed by atoms with Crippen LogP contribution in [0.1, 0.15) is 5.69 Å². The summed E-state index contributed by atoms with van der Waals surface area (Å²) in [6.45, 7) is 1.89. The summed E-state index contributed by atoms with van der Waals surface area (Å²) in [5.74, 6) is 1.19. The number of pyridine rings is 2. The lowest BCUT2D eigenvalue weighted by Crippen LogP contribution is -1.96. The molecule has 0 spiro atoms. The van der Waals surface area contributed by atoms with Crippen molar-refractivity contribution in [2.24, 2.45) is 0 Å². The zero-order chi connectivity index (χ0) is 11.0. The molecular formula is C10H10BrN3O. The summed E-state index contributed by atoms with van der Waals surface area (Å²) in [6.07, 6.45) is 1.76. The number of nitrogen functional groups attached to an aromatic ring is 1. The normalized spacial score (nSPS) is 10.6. The molecule has 2 rings (SSSR count). The minimum Gasteiger partial charge on any atom is -0.494 e. The van der Waals surface area contributed by atoms with Gasteiger partial charge in [0.15, 0.2) is 5.75 Å². The zero-order valence-electron chi connectivity index (χ0n) is 8.41. The highest BCUT2D eigenvalue weighted by Crippen LogP contribution is 2.33. The van der Waals surface area contributed by atoms with E-state index in [1.165, 1.54) is 0 Å². The monoisotopic (exact) mass is 267 g/mol. The predicted molar refractivity (Wildman–Crippen MR) is 62.9 cm³/mol. The summed E-state index contributed by atoms with van der Waals surface area (Å²) < 4.78 is 5.99. The first-order valence-corrected chi connectivity index (χ1v) is 5.18. The number of anilines is 1. The molecule has 0 radical (unpaired) electrons. The Morgan fingerprint density at radius 1 is 1.47 bits per heavy atom. The molecule has 0 amide bonds. The average molecular weight is 268 g/mol. The Hall–Kier alpha value is -1.36. The minimum atomic E-state index is 0.460. The van der Waals surface area contributed by atoms with Crippen molar-refractivity contribution in [1.82, 2.24) is 9.97 Å². The lowest BCUT2D eigenvalue weighted by Gasteiger charge is -2.09. The highest BCUT2D eigenvalue weighted by atomic mass is 79.9. The highest BCUT2D eigenvalue weighted by molar-refractivity contribution is 9.10. The Labute approximate surface area is 95.6 Å². The lowest BCUT2D eigenvalue weighted by molar-refractivity contribution is 0.414. The van der Waals surface area contributed by atoms with Gasteiger partial charge in [-0.25, -0.2) is 4.98 Å². The molecular weight excluding hydrogens is 258 g/mol. The molecule has 0 unspecified atom stereocenters. The van der Waals surface area contributed by atoms with Gasteiger partial charge < -0.3 is 10.5 Å². The van der Waals surface area contributed by atoms with Gasteiger partial charge in [-0.1, -0.05) is 0 Å². The second-order valence-electron chi connectivity index (χ2n) is 3.18. The van der Waals surface area contributed by atoms with Gasteiger partial charge in [-0.15, -0.1) is 0 Å². The quantitative estimate of drug-likeness (QED) is 0.806. The zero-order valence-corrected chi connectivity index (χ0v) is 10.00. The van der Waals surface area contributed by atoms with E-state index in [4.69, 9.17) is 10.5 Å². The summed E-state index contributed by atoms with van der Waals surface area (Å²) in [5.41, 5.74) is 6.48. The van der Waals surface area contributed by atoms with Crippen molar-refractivity contribution in [2.45, 2.75) is 6.92 Å². The van der Waals surface area contributed by atoms with E-state index < -0.39 is 0 Å². The molecule has 2 aromatic heterocycles. The summed E-state index contributed by atoms with van der Waals surface area (Å²) in [7, 11) is 1.62. The Bertz CT molecular complexity index is 528. The average Bonchev–Trinajstić information content (AvgIpc) is 2.18. The largest absolute Gasteiger partial charge is 0.494 e. The van der Waals surface area contributed by atoms with Gasteiger partial charge in [-0.2, -0.15) is 0 Å². The molecule has 0 aliphatic carbocycles. The van der Waals surface area contributed by atoms with Crippen LogP contribution in [0.2, 0.25) is 0 Å². The number of fused-ring (bicyclic) bond motifs is 1. The van der Waals surface area contributed by atoms with Crippen LogP contribution in [0.3, 0.4) is 0 Å². The first-order valence-electron chi connectivity index (χ1n) is 4.39. The lowest BCUT2D eigenvalue weighted by atomic mass is 10.2. The molecule has 2 heterocycles. The van der Waals surface area contributed by atoms with Crippen molar-refractivity contribution in [3.63, 3.8) is 0 Å². The predicted octanol–water partition coefficient (Wildman–Crippen LogP) is 2.29. The van der Waals surface area contributed by atoms with Crippen molar-refractivity contribution >= 4 is 32.5 Å². The number of hydrogen-bond acceptors (Lipinski definition) is 4. The fourth-order valence-corrected chi connectivity index (χ4v) is 2.15. The van der Waals surface area contributed by atoms with Gasteiger partial charge >= 0.3 is 0 Å². The number of rotatable bonds is 1. The van der Waals surface area contributed by atoms with Gasteiger partial charge in [-0.05, 0) is 28.9 Å². The number of aryl methyl sites for hydroxylation is 1. The fraction of sp³-hybridized carbons (Fsp3) is 0.200. The Morgan fingerprint density at radius 2 is 2.20 bits per heavy atom. The number of methoxy groups -OCH3 is 1. The van der Waals surface area contributed by atoms with E-state index in [0.717, 1.165) is 22.2 Å². The van der Waals surface area contributed by atoms with Gasteiger partial charge in [0.2, 0.25) is 0 Å². The van der Waals surface area contributed by atoms with Gasteiger partial charge in [0.1, 0.15) is 10.4 Å². The summed E-state index contributed by atoms with van der Waals surface area (Å²) in [6, 6.07) is 1.77. The molecule has 0 aromatic carbocycles. The SMILES string of the molecule is COc1c(C)ncc2cc(N)nc(Br)c12. The Balaban J connectivity index is 2.91. The highest BCUT2D eigenvalue weighted by Gasteiger charge is 2.11. The third-order valence-electron chi connectivity index (χ3n) is 2.18. The number of halogens is 1. The van der Waals surface area contributed by atoms with Crippen LogP contribution in [0, 0.1) is 6.92 Å². The number of nitrogens with two attached hydrogens (primary N) is 1. The Kier molecular flexibility index (Phi) is 2.48. The van der Waals surface area contributed by atoms with E-state index >= 15 is 0 Å². The van der Waals surface area contributed by atoms with Gasteiger partial charge in [0, 0.05) is 11.6 Å². The van der Waals surface area contributed by atoms with E-state index in [1.54, 1.807) is 19.4 Å². The molecule has 0 aliphatic heterocycles. The van der Waals surface area contributed by atoms with E-state index in [9.17, 15) is 0 Å². The molecule has 2 N–H and O–H groups in total. The van der Waals surface area contributed by atoms with Crippen molar-refractivity contribution < 1.29 is 4.74 Å². The molecule has 0 bridgehead atoms. The minimum absolute atomic E-state index is 0.460. The third kappa shape index (κ3) is 1.63. The number of hydrogen-bond donors (Lipinski definition) is 1. The number of aromatic nitrogens is 2. The third-order valence-corrected chi connectivity index (χ3v) is 2.76. The molecule has 78 valence electrons. The molecule has 0 aliphatic rings. The van der Waals surface area contributed by atoms with Crippen LogP contribution in [0.15, 0.2) is 16.9 Å². The molecule has 5 heteroatoms. The van der Waals surface area contributed by atoms with Crippen molar-refractivity contribution in [3.8, 4) is 5.75 Å². The van der Waals surface area contributed by atoms with Crippen molar-refractivity contribution in [1.29, 1.82) is 0 Å². The number of nitrogens with zero attached hydrogens (tertiary/aromatic N) is 2. The second-order valence-corrected chi connectivity index (χ2v) is 3.93. The first kappa shape index (κ1) is 10.2. The second kappa shape index (κ2) is 3.66. The van der Waals surface area contributed by atoms with Crippen LogP contribution >= 0.6 is 15.9 Å². The van der Waals surface area contributed by atoms with Crippen molar-refractivity contribution in [2.75, 3.05) is 12.8 Å². The topological polar surface area (TPSA) is 61.0 Å². The van der Waals surface area contributed by atoms with E-state index in [2.05, 4.69) is 25.9 Å². The maximum Gasteiger partial charge on any atom is 0.150 e. The Morgan fingerprint density at radius 3 is 2.87 bits per heavy atom. The van der Waals surface area contributed by atoms with Crippen LogP contribution in [0.4, 0.5) is 5.82 Å². The van der Waals surface area contributed by atoms with E-state index in [0.29, 0.717) is 10.4 Å². The number of ether oxygens (including phenoxy) is 1. The molecule has 4 nitrogen and oxygen atoms in total. The molecule has 0 atom stereocenters. The van der Waals surface area contributed by atoms with Gasteiger partial charge in [-0.3, -0.25) is 4.98 Å². The van der Waals surface area contributed by atoms with E-state index in [-0.39, 0.29) is 0 Å². The smallest absolute Gasteiger partial charge is 0.150 e. The molecule has 2 aromatic rings. The standard InChI is InChI=1S/C10H10BrN3O/c1-5-9(15-2)8-6(4-13-5)3-7(12)14-10(8)11/h3-4H,1-2H3,(H2,12,14). The van der Waals surface area contributed by atoms with Crippen LogP contribution in [-0.4, -0.2) is 17.1 Å². The first-order chi connectivity index (χ1) is 7.13. The van der Waals surface area contributed by atoms with Gasteiger partial charge in [0.05, 0.1) is 18.2 Å². The summed E-state index contributed by atoms with van der Waals surface area (Å²) in [4.78, 5) is 8.37. The summed E-state index contributed by atoms with van der Waals surface area (Å²) in [5, 5.41) is 1.82. The molecule has 0 saturated carbocycles. The molecule has 0 fully saturated rings. The maximum absolute atomic E-state index is 5.64. The van der Waals surface area contributed by atoms with Crippen LogP contribution in [0.25, 0.3) is 10.8 Å². The van der Waals surface area contributed by atoms with Crippen LogP contribution in [-0.2, 0) is 0 Å². The molecule has 15 heavy (non-hydrogen) atoms. The fourth-order valence-electron chi connectivity index (χ4n) is 1.53. The van der Waals surface area contributed by atoms with Gasteiger partial charge in [0.25, 0.3) is 0 Å².